The maximum absolute atomic E-state index is 13.1. The third-order valence-corrected chi connectivity index (χ3v) is 5.58. The number of likely N-dealkylation sites (tertiary alicyclic amines) is 1. The van der Waals surface area contributed by atoms with Crippen molar-refractivity contribution >= 4 is 17.5 Å². The van der Waals surface area contributed by atoms with E-state index in [1.54, 1.807) is 12.1 Å². The van der Waals surface area contributed by atoms with E-state index >= 15 is 0 Å². The molecule has 1 aromatic heterocycles. The summed E-state index contributed by atoms with van der Waals surface area (Å²) in [5.41, 5.74) is 2.77. The van der Waals surface area contributed by atoms with E-state index in [0.717, 1.165) is 37.7 Å². The number of hydrogen-bond donors (Lipinski definition) is 0. The van der Waals surface area contributed by atoms with Gasteiger partial charge in [-0.05, 0) is 55.5 Å². The van der Waals surface area contributed by atoms with Gasteiger partial charge in [0.25, 0.3) is 5.91 Å². The van der Waals surface area contributed by atoms with Crippen molar-refractivity contribution in [3.63, 3.8) is 0 Å². The van der Waals surface area contributed by atoms with E-state index in [9.17, 15) is 4.79 Å². The lowest BCUT2D eigenvalue weighted by Crippen LogP contribution is -2.30. The molecule has 5 nitrogen and oxygen atoms in total. The van der Waals surface area contributed by atoms with Crippen LogP contribution in [0.15, 0.2) is 53.1 Å². The van der Waals surface area contributed by atoms with Gasteiger partial charge in [0, 0.05) is 22.7 Å². The zero-order valence-electron chi connectivity index (χ0n) is 16.5. The highest BCUT2D eigenvalue weighted by Crippen LogP contribution is 2.33. The van der Waals surface area contributed by atoms with Crippen LogP contribution in [0.5, 0.6) is 0 Å². The average molecular weight is 410 g/mol. The third-order valence-electron chi connectivity index (χ3n) is 5.34. The summed E-state index contributed by atoms with van der Waals surface area (Å²) in [4.78, 5) is 19.5. The van der Waals surface area contributed by atoms with Crippen LogP contribution >= 0.6 is 11.6 Å². The molecule has 3 aromatic rings. The van der Waals surface area contributed by atoms with Crippen molar-refractivity contribution in [3.05, 3.63) is 70.6 Å². The summed E-state index contributed by atoms with van der Waals surface area (Å²) in [7, 11) is 0. The molecular weight excluding hydrogens is 386 g/mol. The second kappa shape index (κ2) is 8.78. The average Bonchev–Trinajstić information content (AvgIpc) is 3.41. The predicted molar refractivity (Wildman–Crippen MR) is 113 cm³/mol. The number of aromatic nitrogens is 2. The quantitative estimate of drug-likeness (QED) is 0.523. The number of halogens is 1. The van der Waals surface area contributed by atoms with Crippen molar-refractivity contribution in [1.82, 2.24) is 15.0 Å². The molecule has 4 rings (SSSR count). The second-order valence-electron chi connectivity index (χ2n) is 7.42. The van der Waals surface area contributed by atoms with E-state index in [-0.39, 0.29) is 11.9 Å². The second-order valence-corrected chi connectivity index (χ2v) is 7.86. The van der Waals surface area contributed by atoms with Crippen molar-refractivity contribution in [1.29, 1.82) is 0 Å². The summed E-state index contributed by atoms with van der Waals surface area (Å²) < 4.78 is 5.52. The molecule has 1 aliphatic heterocycles. The van der Waals surface area contributed by atoms with Gasteiger partial charge in [0.05, 0.1) is 0 Å². The molecule has 1 amide bonds. The fourth-order valence-corrected chi connectivity index (χ4v) is 3.93. The summed E-state index contributed by atoms with van der Waals surface area (Å²) in [5, 5.41) is 4.72. The molecular formula is C23H24ClN3O2. The molecule has 0 N–H and O–H groups in total. The largest absolute Gasteiger partial charge is 0.337 e. The number of rotatable bonds is 6. The molecule has 0 aliphatic carbocycles. The molecule has 6 heteroatoms. The van der Waals surface area contributed by atoms with E-state index in [2.05, 4.69) is 29.2 Å². The Morgan fingerprint density at radius 1 is 1.24 bits per heavy atom. The van der Waals surface area contributed by atoms with Crippen LogP contribution in [0.3, 0.4) is 0 Å². The number of benzene rings is 2. The first kappa shape index (κ1) is 19.6. The van der Waals surface area contributed by atoms with Crippen LogP contribution in [-0.4, -0.2) is 27.5 Å². The van der Waals surface area contributed by atoms with Crippen LogP contribution < -0.4 is 0 Å². The highest BCUT2D eigenvalue weighted by atomic mass is 35.5. The van der Waals surface area contributed by atoms with E-state index in [4.69, 9.17) is 16.1 Å². The minimum atomic E-state index is -0.192. The highest BCUT2D eigenvalue weighted by Gasteiger charge is 2.34. The minimum absolute atomic E-state index is 0.0112. The van der Waals surface area contributed by atoms with Gasteiger partial charge in [-0.25, -0.2) is 0 Å². The number of carbonyl (C=O) groups excluding carboxylic acids is 1. The summed E-state index contributed by atoms with van der Waals surface area (Å²) in [6, 6.07) is 15.1. The maximum atomic E-state index is 13.1. The lowest BCUT2D eigenvalue weighted by Gasteiger charge is -2.22. The fourth-order valence-electron chi connectivity index (χ4n) is 3.74. The zero-order chi connectivity index (χ0) is 20.2. The third kappa shape index (κ3) is 4.35. The van der Waals surface area contributed by atoms with Gasteiger partial charge < -0.3 is 9.42 Å². The van der Waals surface area contributed by atoms with Crippen LogP contribution in [0.1, 0.15) is 60.5 Å². The first-order valence-corrected chi connectivity index (χ1v) is 10.5. The summed E-state index contributed by atoms with van der Waals surface area (Å²) in [5.74, 6) is 0.976. The minimum Gasteiger partial charge on any atom is -0.337 e. The molecule has 150 valence electrons. The summed E-state index contributed by atoms with van der Waals surface area (Å²) >= 11 is 6.06. The van der Waals surface area contributed by atoms with Crippen LogP contribution in [0.2, 0.25) is 5.02 Å². The summed E-state index contributed by atoms with van der Waals surface area (Å²) in [6.07, 6.45) is 5.11. The van der Waals surface area contributed by atoms with Gasteiger partial charge in [-0.2, -0.15) is 4.98 Å². The predicted octanol–water partition coefficient (Wildman–Crippen LogP) is 5.71. The Morgan fingerprint density at radius 2 is 2.07 bits per heavy atom. The normalized spacial score (nSPS) is 16.3. The van der Waals surface area contributed by atoms with Crippen molar-refractivity contribution in [2.24, 2.45) is 0 Å². The molecule has 0 saturated carbocycles. The Morgan fingerprint density at radius 3 is 2.83 bits per heavy atom. The van der Waals surface area contributed by atoms with Gasteiger partial charge in [0.15, 0.2) is 0 Å². The monoisotopic (exact) mass is 409 g/mol. The molecule has 1 saturated heterocycles. The van der Waals surface area contributed by atoms with Crippen molar-refractivity contribution < 1.29 is 9.32 Å². The lowest BCUT2D eigenvalue weighted by atomic mass is 10.1. The number of unbranched alkanes of at least 4 members (excludes halogenated alkanes) is 1. The number of nitrogens with zero attached hydrogens (tertiary/aromatic N) is 3. The number of amides is 1. The Balaban J connectivity index is 1.51. The van der Waals surface area contributed by atoms with Crippen LogP contribution in [0, 0.1) is 0 Å². The molecule has 0 radical (unpaired) electrons. The molecule has 2 aromatic carbocycles. The Bertz CT molecular complexity index is 984. The smallest absolute Gasteiger partial charge is 0.254 e. The Hall–Kier alpha value is -2.66. The van der Waals surface area contributed by atoms with Gasteiger partial charge in [0.1, 0.15) is 6.04 Å². The topological polar surface area (TPSA) is 59.2 Å². The van der Waals surface area contributed by atoms with E-state index in [1.165, 1.54) is 5.56 Å². The van der Waals surface area contributed by atoms with E-state index in [0.29, 0.717) is 28.8 Å². The highest BCUT2D eigenvalue weighted by molar-refractivity contribution is 6.30. The van der Waals surface area contributed by atoms with Crippen molar-refractivity contribution in [3.8, 4) is 11.4 Å². The van der Waals surface area contributed by atoms with Gasteiger partial charge in [-0.1, -0.05) is 54.4 Å². The van der Waals surface area contributed by atoms with Crippen LogP contribution in [0.25, 0.3) is 11.4 Å². The zero-order valence-corrected chi connectivity index (χ0v) is 17.2. The lowest BCUT2D eigenvalue weighted by molar-refractivity contribution is 0.0710. The first-order valence-electron chi connectivity index (χ1n) is 10.1. The molecule has 1 unspecified atom stereocenters. The standard InChI is InChI=1S/C23H24ClN3O2/c1-2-3-6-16-10-12-17(13-11-16)23(28)27-14-5-9-20(27)22-25-21(26-29-22)18-7-4-8-19(24)15-18/h4,7-8,10-13,15,20H,2-3,5-6,9,14H2,1H3. The number of hydrogen-bond acceptors (Lipinski definition) is 4. The van der Waals surface area contributed by atoms with Crippen molar-refractivity contribution in [2.45, 2.75) is 45.1 Å². The fraction of sp³-hybridized carbons (Fsp3) is 0.348. The van der Waals surface area contributed by atoms with Gasteiger partial charge in [0.2, 0.25) is 11.7 Å². The number of aryl methyl sites for hydroxylation is 1. The van der Waals surface area contributed by atoms with Crippen molar-refractivity contribution in [2.75, 3.05) is 6.54 Å². The molecule has 0 bridgehead atoms. The maximum Gasteiger partial charge on any atom is 0.254 e. The van der Waals surface area contributed by atoms with Crippen LogP contribution in [-0.2, 0) is 6.42 Å². The molecule has 1 atom stereocenters. The van der Waals surface area contributed by atoms with E-state index < -0.39 is 0 Å². The molecule has 2 heterocycles. The Labute approximate surface area is 175 Å². The summed E-state index contributed by atoms with van der Waals surface area (Å²) in [6.45, 7) is 2.87. The molecule has 29 heavy (non-hydrogen) atoms. The van der Waals surface area contributed by atoms with Gasteiger partial charge in [-0.3, -0.25) is 4.79 Å². The van der Waals surface area contributed by atoms with Gasteiger partial charge >= 0.3 is 0 Å². The SMILES string of the molecule is CCCCc1ccc(C(=O)N2CCCC2c2nc(-c3cccc(Cl)c3)no2)cc1. The van der Waals surface area contributed by atoms with Gasteiger partial charge in [-0.15, -0.1) is 0 Å². The molecule has 0 spiro atoms. The molecule has 1 fully saturated rings. The first-order chi connectivity index (χ1) is 14.2. The number of carbonyl (C=O) groups is 1. The van der Waals surface area contributed by atoms with Crippen LogP contribution in [0.4, 0.5) is 0 Å². The molecule has 1 aliphatic rings. The van der Waals surface area contributed by atoms with E-state index in [1.807, 2.05) is 29.2 Å². The Kier molecular flexibility index (Phi) is 5.95.